The third-order valence-electron chi connectivity index (χ3n) is 2.73. The molecule has 16 heavy (non-hydrogen) atoms. The number of aliphatic hydroxyl groups excluding tert-OH is 1. The molecule has 0 amide bonds. The smallest absolute Gasteiger partial charge is 0.338 e. The first-order valence-electron chi connectivity index (χ1n) is 5.36. The minimum absolute atomic E-state index is 0.0446. The third kappa shape index (κ3) is 3.43. The van der Waals surface area contributed by atoms with Crippen molar-refractivity contribution in [3.8, 4) is 0 Å². The van der Waals surface area contributed by atoms with E-state index in [0.29, 0.717) is 0 Å². The van der Waals surface area contributed by atoms with E-state index in [4.69, 9.17) is 9.47 Å². The van der Waals surface area contributed by atoms with Crippen molar-refractivity contribution >= 4 is 5.97 Å². The average molecular weight is 234 g/mol. The molecule has 0 radical (unpaired) electrons. The Labute approximate surface area is 96.4 Å². The zero-order valence-electron chi connectivity index (χ0n) is 10.6. The summed E-state index contributed by atoms with van der Waals surface area (Å²) in [6.07, 6.45) is -1.29. The SMILES string of the molecule is COCC(OC(C)C(C)O)(C(=O)O)C(C)C. The van der Waals surface area contributed by atoms with E-state index in [-0.39, 0.29) is 12.5 Å². The van der Waals surface area contributed by atoms with Crippen molar-refractivity contribution in [2.45, 2.75) is 45.5 Å². The minimum atomic E-state index is -1.41. The van der Waals surface area contributed by atoms with E-state index in [1.165, 1.54) is 7.11 Å². The largest absolute Gasteiger partial charge is 0.479 e. The standard InChI is InChI=1S/C11H22O5/c1-7(2)11(6-15-5,10(13)14)16-9(4)8(3)12/h7-9,12H,6H2,1-5H3,(H,13,14). The second-order valence-electron chi connectivity index (χ2n) is 4.35. The molecule has 3 atom stereocenters. The second kappa shape index (κ2) is 6.18. The summed E-state index contributed by atoms with van der Waals surface area (Å²) in [5, 5.41) is 18.6. The van der Waals surface area contributed by atoms with Crippen LogP contribution in [0.5, 0.6) is 0 Å². The maximum absolute atomic E-state index is 11.3. The van der Waals surface area contributed by atoms with Crippen LogP contribution in [-0.4, -0.2) is 47.7 Å². The highest BCUT2D eigenvalue weighted by Gasteiger charge is 2.45. The fourth-order valence-corrected chi connectivity index (χ4v) is 1.34. The first-order chi connectivity index (χ1) is 7.27. The highest BCUT2D eigenvalue weighted by atomic mass is 16.6. The Hall–Kier alpha value is -0.650. The van der Waals surface area contributed by atoms with Gasteiger partial charge in [-0.2, -0.15) is 0 Å². The van der Waals surface area contributed by atoms with Crippen molar-refractivity contribution in [2.24, 2.45) is 5.92 Å². The van der Waals surface area contributed by atoms with E-state index < -0.39 is 23.8 Å². The summed E-state index contributed by atoms with van der Waals surface area (Å²) in [6.45, 7) is 6.66. The summed E-state index contributed by atoms with van der Waals surface area (Å²) in [6, 6.07) is 0. The lowest BCUT2D eigenvalue weighted by Crippen LogP contribution is -2.53. The van der Waals surface area contributed by atoms with Crippen molar-refractivity contribution in [3.63, 3.8) is 0 Å². The molecule has 96 valence electrons. The summed E-state index contributed by atoms with van der Waals surface area (Å²) in [4.78, 5) is 11.3. The fourth-order valence-electron chi connectivity index (χ4n) is 1.34. The van der Waals surface area contributed by atoms with Crippen LogP contribution in [0.3, 0.4) is 0 Å². The zero-order valence-corrected chi connectivity index (χ0v) is 10.6. The summed E-state index contributed by atoms with van der Waals surface area (Å²) >= 11 is 0. The van der Waals surface area contributed by atoms with Gasteiger partial charge < -0.3 is 19.7 Å². The van der Waals surface area contributed by atoms with Crippen LogP contribution in [0.2, 0.25) is 0 Å². The van der Waals surface area contributed by atoms with Gasteiger partial charge in [-0.05, 0) is 19.8 Å². The quantitative estimate of drug-likeness (QED) is 0.684. The van der Waals surface area contributed by atoms with Gasteiger partial charge in [0.2, 0.25) is 0 Å². The van der Waals surface area contributed by atoms with E-state index in [2.05, 4.69) is 0 Å². The van der Waals surface area contributed by atoms with Crippen LogP contribution in [0.15, 0.2) is 0 Å². The summed E-state index contributed by atoms with van der Waals surface area (Å²) < 4.78 is 10.4. The number of aliphatic hydroxyl groups is 1. The second-order valence-corrected chi connectivity index (χ2v) is 4.35. The number of aliphatic carboxylic acids is 1. The van der Waals surface area contributed by atoms with Crippen LogP contribution >= 0.6 is 0 Å². The number of carboxylic acid groups (broad SMARTS) is 1. The van der Waals surface area contributed by atoms with Crippen molar-refractivity contribution in [2.75, 3.05) is 13.7 Å². The predicted molar refractivity (Wildman–Crippen MR) is 59.3 cm³/mol. The number of rotatable bonds is 7. The molecule has 0 aromatic carbocycles. The van der Waals surface area contributed by atoms with Gasteiger partial charge in [0, 0.05) is 7.11 Å². The van der Waals surface area contributed by atoms with Crippen molar-refractivity contribution < 1.29 is 24.5 Å². The van der Waals surface area contributed by atoms with Crippen LogP contribution in [0.25, 0.3) is 0 Å². The van der Waals surface area contributed by atoms with Gasteiger partial charge in [-0.1, -0.05) is 13.8 Å². The molecule has 5 nitrogen and oxygen atoms in total. The molecule has 0 heterocycles. The van der Waals surface area contributed by atoms with Gasteiger partial charge in [-0.3, -0.25) is 0 Å². The number of hydrogen-bond donors (Lipinski definition) is 2. The Morgan fingerprint density at radius 1 is 1.31 bits per heavy atom. The maximum atomic E-state index is 11.3. The summed E-state index contributed by atoms with van der Waals surface area (Å²) in [7, 11) is 1.43. The molecule has 0 fully saturated rings. The van der Waals surface area contributed by atoms with E-state index in [1.807, 2.05) is 0 Å². The van der Waals surface area contributed by atoms with Gasteiger partial charge in [0.05, 0.1) is 18.8 Å². The normalized spacial score (nSPS) is 19.2. The molecule has 0 aliphatic carbocycles. The highest BCUT2D eigenvalue weighted by molar-refractivity contribution is 5.78. The molecule has 0 aromatic heterocycles. The van der Waals surface area contributed by atoms with Crippen molar-refractivity contribution in [1.82, 2.24) is 0 Å². The van der Waals surface area contributed by atoms with Crippen molar-refractivity contribution in [3.05, 3.63) is 0 Å². The van der Waals surface area contributed by atoms with Crippen LogP contribution in [0.1, 0.15) is 27.7 Å². The van der Waals surface area contributed by atoms with Gasteiger partial charge in [0.25, 0.3) is 0 Å². The molecule has 0 saturated carbocycles. The molecular weight excluding hydrogens is 212 g/mol. The number of methoxy groups -OCH3 is 1. The molecular formula is C11H22O5. The number of carboxylic acids is 1. The van der Waals surface area contributed by atoms with Gasteiger partial charge in [-0.25, -0.2) is 4.79 Å². The monoisotopic (exact) mass is 234 g/mol. The van der Waals surface area contributed by atoms with E-state index >= 15 is 0 Å². The van der Waals surface area contributed by atoms with Crippen LogP contribution in [-0.2, 0) is 14.3 Å². The zero-order chi connectivity index (χ0) is 12.9. The minimum Gasteiger partial charge on any atom is -0.479 e. The van der Waals surface area contributed by atoms with Gasteiger partial charge in [0.15, 0.2) is 5.60 Å². The van der Waals surface area contributed by atoms with Crippen LogP contribution in [0, 0.1) is 5.92 Å². The number of hydrogen-bond acceptors (Lipinski definition) is 4. The van der Waals surface area contributed by atoms with Crippen molar-refractivity contribution in [1.29, 1.82) is 0 Å². The fraction of sp³-hybridized carbons (Fsp3) is 0.909. The molecule has 0 saturated heterocycles. The average Bonchev–Trinajstić information content (AvgIpc) is 2.15. The molecule has 0 aliphatic rings. The third-order valence-corrected chi connectivity index (χ3v) is 2.73. The Kier molecular flexibility index (Phi) is 5.92. The Balaban J connectivity index is 4.96. The Bertz CT molecular complexity index is 226. The van der Waals surface area contributed by atoms with E-state index in [9.17, 15) is 15.0 Å². The molecule has 0 aromatic rings. The number of ether oxygens (including phenoxy) is 2. The molecule has 0 aliphatic heterocycles. The molecule has 3 unspecified atom stereocenters. The van der Waals surface area contributed by atoms with Gasteiger partial charge in [0.1, 0.15) is 0 Å². The lowest BCUT2D eigenvalue weighted by molar-refractivity contribution is -0.200. The molecule has 0 spiro atoms. The predicted octanol–water partition coefficient (Wildman–Crippen LogP) is 0.898. The molecule has 0 bridgehead atoms. The van der Waals surface area contributed by atoms with E-state index in [0.717, 1.165) is 0 Å². The Morgan fingerprint density at radius 2 is 1.81 bits per heavy atom. The first-order valence-corrected chi connectivity index (χ1v) is 5.36. The first kappa shape index (κ1) is 15.3. The van der Waals surface area contributed by atoms with Crippen LogP contribution < -0.4 is 0 Å². The van der Waals surface area contributed by atoms with E-state index in [1.54, 1.807) is 27.7 Å². The Morgan fingerprint density at radius 3 is 2.06 bits per heavy atom. The molecule has 5 heteroatoms. The highest BCUT2D eigenvalue weighted by Crippen LogP contribution is 2.25. The topological polar surface area (TPSA) is 76.0 Å². The summed E-state index contributed by atoms with van der Waals surface area (Å²) in [5.74, 6) is -1.33. The van der Waals surface area contributed by atoms with Gasteiger partial charge in [-0.15, -0.1) is 0 Å². The van der Waals surface area contributed by atoms with Crippen LogP contribution in [0.4, 0.5) is 0 Å². The summed E-state index contributed by atoms with van der Waals surface area (Å²) in [5.41, 5.74) is -1.41. The molecule has 2 N–H and O–H groups in total. The van der Waals surface area contributed by atoms with Gasteiger partial charge >= 0.3 is 5.97 Å². The lowest BCUT2D eigenvalue weighted by atomic mass is 9.90. The maximum Gasteiger partial charge on any atom is 0.338 e. The number of carbonyl (C=O) groups is 1. The molecule has 0 rings (SSSR count). The lowest BCUT2D eigenvalue weighted by Gasteiger charge is -2.36.